The number of hydrogen-bond acceptors (Lipinski definition) is 6. The molecule has 2 N–H and O–H groups in total. The number of amides is 2. The molecule has 0 fully saturated rings. The number of carbonyl (C=O) groups excluding carboxylic acids is 2. The molecule has 2 aliphatic rings. The van der Waals surface area contributed by atoms with Crippen LogP contribution < -0.4 is 5.73 Å². The molecule has 0 spiro atoms. The predicted octanol–water partition coefficient (Wildman–Crippen LogP) is 5.15. The number of nitrogens with two attached hydrogens (primary N) is 1. The van der Waals surface area contributed by atoms with Gasteiger partial charge < -0.3 is 10.6 Å². The maximum Gasteiger partial charge on any atom is 0.266 e. The molecule has 0 bridgehead atoms. The first-order chi connectivity index (χ1) is 20.5. The van der Waals surface area contributed by atoms with E-state index in [2.05, 4.69) is 30.7 Å². The van der Waals surface area contributed by atoms with E-state index in [1.807, 2.05) is 80.6 Å². The maximum atomic E-state index is 14.4. The third-order valence-corrected chi connectivity index (χ3v) is 8.34. The standard InChI is InChI=1S/C35H36N6O2/c1-22-6-11-25(12-7-22)35(26-13-8-23(2)9-14-26)32(43)41(33(36)39-35)19-24-10-15-28(34(3,4)5)27(18-24)31(42)40-20-29-30(21-40)38-17-16-37-29/h6-18H,19-21H2,1-5H3,(H2,36,39). The molecule has 1 aromatic heterocycles. The Morgan fingerprint density at radius 3 is 1.91 bits per heavy atom. The number of rotatable bonds is 5. The van der Waals surface area contributed by atoms with Crippen molar-refractivity contribution in [2.75, 3.05) is 0 Å². The Balaban J connectivity index is 1.36. The van der Waals surface area contributed by atoms with E-state index >= 15 is 0 Å². The van der Waals surface area contributed by atoms with Crippen molar-refractivity contribution >= 4 is 17.8 Å². The van der Waals surface area contributed by atoms with E-state index in [1.165, 1.54) is 4.90 Å². The van der Waals surface area contributed by atoms with Gasteiger partial charge in [-0.1, -0.05) is 92.6 Å². The maximum absolute atomic E-state index is 14.4. The Labute approximate surface area is 252 Å². The second-order valence-corrected chi connectivity index (χ2v) is 12.5. The number of nitrogens with zero attached hydrogens (tertiary/aromatic N) is 5. The molecule has 2 aliphatic heterocycles. The largest absolute Gasteiger partial charge is 0.369 e. The minimum atomic E-state index is -1.29. The molecule has 0 radical (unpaired) electrons. The number of hydrogen-bond donors (Lipinski definition) is 1. The lowest BCUT2D eigenvalue weighted by Crippen LogP contribution is -2.43. The summed E-state index contributed by atoms with van der Waals surface area (Å²) in [6.45, 7) is 11.3. The fraction of sp³-hybridized carbons (Fsp3) is 0.286. The monoisotopic (exact) mass is 572 g/mol. The summed E-state index contributed by atoms with van der Waals surface area (Å²) in [5, 5.41) is 0. The first kappa shape index (κ1) is 28.3. The van der Waals surface area contributed by atoms with Gasteiger partial charge in [-0.3, -0.25) is 24.5 Å². The van der Waals surface area contributed by atoms with Gasteiger partial charge >= 0.3 is 0 Å². The summed E-state index contributed by atoms with van der Waals surface area (Å²) in [5.74, 6) is -0.168. The molecule has 2 amide bonds. The fourth-order valence-electron chi connectivity index (χ4n) is 5.96. The van der Waals surface area contributed by atoms with Gasteiger partial charge in [0.2, 0.25) is 0 Å². The van der Waals surface area contributed by atoms with Crippen molar-refractivity contribution in [2.45, 2.75) is 65.2 Å². The van der Waals surface area contributed by atoms with Crippen LogP contribution in [-0.4, -0.2) is 37.5 Å². The lowest BCUT2D eigenvalue weighted by molar-refractivity contribution is -0.130. The number of aryl methyl sites for hydroxylation is 2. The average molecular weight is 573 g/mol. The van der Waals surface area contributed by atoms with Gasteiger partial charge in [0, 0.05) is 18.0 Å². The molecule has 4 aromatic rings. The molecule has 8 nitrogen and oxygen atoms in total. The van der Waals surface area contributed by atoms with Crippen molar-refractivity contribution in [1.82, 2.24) is 19.8 Å². The van der Waals surface area contributed by atoms with Crippen LogP contribution in [0.25, 0.3) is 0 Å². The Morgan fingerprint density at radius 1 is 0.860 bits per heavy atom. The van der Waals surface area contributed by atoms with Crippen molar-refractivity contribution in [3.63, 3.8) is 0 Å². The Bertz CT molecular complexity index is 1680. The number of aromatic nitrogens is 2. The van der Waals surface area contributed by atoms with Gasteiger partial charge in [0.25, 0.3) is 11.8 Å². The number of guanidine groups is 1. The highest BCUT2D eigenvalue weighted by Gasteiger charge is 2.50. The summed E-state index contributed by atoms with van der Waals surface area (Å²) in [5.41, 5.74) is 12.6. The van der Waals surface area contributed by atoms with Crippen LogP contribution in [0.15, 0.2) is 84.1 Å². The van der Waals surface area contributed by atoms with E-state index in [0.29, 0.717) is 18.7 Å². The van der Waals surface area contributed by atoms with Crippen LogP contribution in [0.1, 0.15) is 75.9 Å². The first-order valence-corrected chi connectivity index (χ1v) is 14.5. The van der Waals surface area contributed by atoms with Gasteiger partial charge in [0.05, 0.1) is 31.0 Å². The van der Waals surface area contributed by atoms with E-state index < -0.39 is 5.54 Å². The Morgan fingerprint density at radius 2 is 1.40 bits per heavy atom. The Kier molecular flexibility index (Phi) is 6.87. The Hall–Kier alpha value is -4.85. The zero-order valence-corrected chi connectivity index (χ0v) is 25.3. The van der Waals surface area contributed by atoms with Crippen molar-refractivity contribution in [1.29, 1.82) is 0 Å². The molecule has 0 atom stereocenters. The van der Waals surface area contributed by atoms with Gasteiger partial charge in [-0.2, -0.15) is 0 Å². The van der Waals surface area contributed by atoms with Gasteiger partial charge in [-0.15, -0.1) is 0 Å². The van der Waals surface area contributed by atoms with Crippen LogP contribution in [0.5, 0.6) is 0 Å². The number of carbonyl (C=O) groups is 2. The van der Waals surface area contributed by atoms with E-state index in [1.54, 1.807) is 17.3 Å². The van der Waals surface area contributed by atoms with Crippen LogP contribution in [0.2, 0.25) is 0 Å². The molecule has 0 saturated carbocycles. The predicted molar refractivity (Wildman–Crippen MR) is 166 cm³/mol. The molecule has 0 unspecified atom stereocenters. The third-order valence-electron chi connectivity index (χ3n) is 8.34. The molecule has 0 aliphatic carbocycles. The van der Waals surface area contributed by atoms with Crippen LogP contribution in [-0.2, 0) is 35.4 Å². The van der Waals surface area contributed by atoms with Crippen molar-refractivity contribution in [3.8, 4) is 0 Å². The van der Waals surface area contributed by atoms with Crippen molar-refractivity contribution in [3.05, 3.63) is 129 Å². The molecule has 6 rings (SSSR count). The van der Waals surface area contributed by atoms with Crippen LogP contribution >= 0.6 is 0 Å². The lowest BCUT2D eigenvalue weighted by Gasteiger charge is -2.28. The van der Waals surface area contributed by atoms with E-state index in [-0.39, 0.29) is 29.7 Å². The van der Waals surface area contributed by atoms with Crippen LogP contribution in [0, 0.1) is 13.8 Å². The molecule has 218 valence electrons. The second kappa shape index (κ2) is 10.5. The normalized spacial score (nSPS) is 15.9. The van der Waals surface area contributed by atoms with Crippen LogP contribution in [0.3, 0.4) is 0 Å². The van der Waals surface area contributed by atoms with Gasteiger partial charge in [-0.25, -0.2) is 4.99 Å². The van der Waals surface area contributed by atoms with Crippen LogP contribution in [0.4, 0.5) is 0 Å². The molecule has 43 heavy (non-hydrogen) atoms. The second-order valence-electron chi connectivity index (χ2n) is 12.5. The topological polar surface area (TPSA) is 105 Å². The quantitative estimate of drug-likeness (QED) is 0.356. The third kappa shape index (κ3) is 4.96. The highest BCUT2D eigenvalue weighted by atomic mass is 16.2. The highest BCUT2D eigenvalue weighted by Crippen LogP contribution is 2.40. The summed E-state index contributed by atoms with van der Waals surface area (Å²) in [4.78, 5) is 45.4. The van der Waals surface area contributed by atoms with Crippen molar-refractivity contribution < 1.29 is 9.59 Å². The number of benzene rings is 3. The van der Waals surface area contributed by atoms with Gasteiger partial charge in [-0.05, 0) is 47.6 Å². The molecule has 0 saturated heterocycles. The first-order valence-electron chi connectivity index (χ1n) is 14.5. The summed E-state index contributed by atoms with van der Waals surface area (Å²) in [7, 11) is 0. The SMILES string of the molecule is Cc1ccc(C2(c3ccc(C)cc3)N=C(N)N(Cc3ccc(C(C)(C)C)c(C(=O)N4Cc5nccnc5C4)c3)C2=O)cc1. The summed E-state index contributed by atoms with van der Waals surface area (Å²) in [6, 6.07) is 21.6. The zero-order chi connectivity index (χ0) is 30.5. The molecular formula is C35H36N6O2. The summed E-state index contributed by atoms with van der Waals surface area (Å²) in [6.07, 6.45) is 3.31. The summed E-state index contributed by atoms with van der Waals surface area (Å²) < 4.78 is 0. The van der Waals surface area contributed by atoms with E-state index in [9.17, 15) is 9.59 Å². The molecule has 3 heterocycles. The molecule has 8 heteroatoms. The fourth-order valence-corrected chi connectivity index (χ4v) is 5.96. The van der Waals surface area contributed by atoms with Crippen molar-refractivity contribution in [2.24, 2.45) is 10.7 Å². The smallest absolute Gasteiger partial charge is 0.266 e. The van der Waals surface area contributed by atoms with E-state index in [4.69, 9.17) is 10.7 Å². The average Bonchev–Trinajstić information content (AvgIpc) is 3.52. The number of fused-ring (bicyclic) bond motifs is 1. The number of aliphatic imine (C=N–C) groups is 1. The lowest BCUT2D eigenvalue weighted by atomic mass is 9.82. The van der Waals surface area contributed by atoms with E-state index in [0.717, 1.165) is 44.8 Å². The summed E-state index contributed by atoms with van der Waals surface area (Å²) >= 11 is 0. The molecular weight excluding hydrogens is 536 g/mol. The minimum Gasteiger partial charge on any atom is -0.369 e. The molecule has 3 aromatic carbocycles. The highest BCUT2D eigenvalue weighted by molar-refractivity contribution is 6.09. The van der Waals surface area contributed by atoms with Gasteiger partial charge in [0.15, 0.2) is 11.5 Å². The van der Waals surface area contributed by atoms with Gasteiger partial charge in [0.1, 0.15) is 0 Å². The minimum absolute atomic E-state index is 0.0883. The zero-order valence-electron chi connectivity index (χ0n) is 25.3.